The Morgan fingerprint density at radius 1 is 1.06 bits per heavy atom. The van der Waals surface area contributed by atoms with E-state index in [1.54, 1.807) is 11.2 Å². The summed E-state index contributed by atoms with van der Waals surface area (Å²) in [6, 6.07) is 7.74. The number of imidazole rings is 1. The summed E-state index contributed by atoms with van der Waals surface area (Å²) in [5.74, 6) is 0.911. The van der Waals surface area contributed by atoms with Crippen LogP contribution in [-0.4, -0.2) is 79.2 Å². The normalized spacial score (nSPS) is 21.6. The molecule has 2 atom stereocenters. The van der Waals surface area contributed by atoms with E-state index in [9.17, 15) is 9.90 Å². The van der Waals surface area contributed by atoms with Crippen molar-refractivity contribution in [2.75, 3.05) is 38.5 Å². The van der Waals surface area contributed by atoms with Crippen molar-refractivity contribution >= 4 is 22.9 Å². The van der Waals surface area contributed by atoms with Gasteiger partial charge in [0, 0.05) is 19.6 Å². The van der Waals surface area contributed by atoms with Crippen molar-refractivity contribution in [2.45, 2.75) is 44.4 Å². The van der Waals surface area contributed by atoms with Gasteiger partial charge in [-0.1, -0.05) is 12.1 Å². The number of rotatable bonds is 6. The number of likely N-dealkylation sites (tertiary alicyclic amines) is 2. The van der Waals surface area contributed by atoms with Crippen molar-refractivity contribution in [1.29, 1.82) is 0 Å². The van der Waals surface area contributed by atoms with Gasteiger partial charge in [-0.2, -0.15) is 0 Å². The van der Waals surface area contributed by atoms with Gasteiger partial charge in [0.15, 0.2) is 18.1 Å². The van der Waals surface area contributed by atoms with E-state index in [0.29, 0.717) is 48.7 Å². The summed E-state index contributed by atoms with van der Waals surface area (Å²) in [5, 5.41) is 10.8. The second kappa shape index (κ2) is 9.94. The lowest BCUT2D eigenvalue weighted by Crippen LogP contribution is -2.36. The molecule has 0 saturated carbocycles. The Kier molecular flexibility index (Phi) is 6.59. The SMILES string of the molecule is Nc1ncnc2c1ncn2[C@H]1CCN(C(=O)COc2ccc(CN3CCCC3)cc2)CC[C@@H]1O. The van der Waals surface area contributed by atoms with E-state index in [1.807, 2.05) is 16.7 Å². The number of nitrogens with zero attached hydrogens (tertiary/aromatic N) is 6. The highest BCUT2D eigenvalue weighted by molar-refractivity contribution is 5.81. The fourth-order valence-electron chi connectivity index (χ4n) is 4.89. The van der Waals surface area contributed by atoms with Crippen LogP contribution in [0.1, 0.15) is 37.3 Å². The summed E-state index contributed by atoms with van der Waals surface area (Å²) in [6.07, 6.45) is 5.99. The van der Waals surface area contributed by atoms with Gasteiger partial charge in [-0.3, -0.25) is 9.69 Å². The number of amides is 1. The summed E-state index contributed by atoms with van der Waals surface area (Å²) in [5.41, 5.74) is 8.26. The number of hydrogen-bond donors (Lipinski definition) is 2. The average Bonchev–Trinajstić information content (AvgIpc) is 3.47. The van der Waals surface area contributed by atoms with Crippen LogP contribution in [-0.2, 0) is 11.3 Å². The zero-order chi connectivity index (χ0) is 23.5. The molecule has 2 saturated heterocycles. The first-order chi connectivity index (χ1) is 16.6. The average molecular weight is 466 g/mol. The molecule has 10 heteroatoms. The van der Waals surface area contributed by atoms with Gasteiger partial charge in [0.05, 0.1) is 18.5 Å². The van der Waals surface area contributed by atoms with Crippen molar-refractivity contribution in [3.05, 3.63) is 42.5 Å². The van der Waals surface area contributed by atoms with E-state index >= 15 is 0 Å². The fourth-order valence-corrected chi connectivity index (χ4v) is 4.89. The third kappa shape index (κ3) is 4.83. The number of nitrogens with two attached hydrogens (primary N) is 1. The molecule has 2 fully saturated rings. The van der Waals surface area contributed by atoms with Gasteiger partial charge in [-0.05, 0) is 56.5 Å². The molecule has 2 aliphatic heterocycles. The first kappa shape index (κ1) is 22.5. The summed E-state index contributed by atoms with van der Waals surface area (Å²) < 4.78 is 7.61. The number of nitrogen functional groups attached to an aromatic ring is 1. The van der Waals surface area contributed by atoms with Crippen LogP contribution in [0.15, 0.2) is 36.9 Å². The summed E-state index contributed by atoms with van der Waals surface area (Å²) >= 11 is 0. The van der Waals surface area contributed by atoms with Crippen LogP contribution in [0.3, 0.4) is 0 Å². The molecular weight excluding hydrogens is 434 g/mol. The van der Waals surface area contributed by atoms with E-state index < -0.39 is 6.10 Å². The second-order valence-corrected chi connectivity index (χ2v) is 9.09. The van der Waals surface area contributed by atoms with Gasteiger partial charge >= 0.3 is 0 Å². The van der Waals surface area contributed by atoms with Crippen molar-refractivity contribution in [3.63, 3.8) is 0 Å². The molecule has 1 aromatic carbocycles. The van der Waals surface area contributed by atoms with Gasteiger partial charge < -0.3 is 25.0 Å². The van der Waals surface area contributed by atoms with E-state index in [-0.39, 0.29) is 18.6 Å². The molecule has 180 valence electrons. The molecule has 2 aliphatic rings. The van der Waals surface area contributed by atoms with Crippen LogP contribution < -0.4 is 10.5 Å². The lowest BCUT2D eigenvalue weighted by molar-refractivity contribution is -0.133. The van der Waals surface area contributed by atoms with Crippen molar-refractivity contribution in [3.8, 4) is 5.75 Å². The Balaban J connectivity index is 1.16. The van der Waals surface area contributed by atoms with Crippen molar-refractivity contribution < 1.29 is 14.6 Å². The standard InChI is InChI=1S/C24H31N7O3/c25-23-22-24(27-15-26-23)31(16-28-22)19-7-11-30(12-8-20(19)32)21(33)14-34-18-5-3-17(4-6-18)13-29-9-1-2-10-29/h3-6,15-16,19-20,32H,1-2,7-14H2,(H2,25,26,27)/t19-,20-/m0/s1. The number of aliphatic hydroxyl groups is 1. The maximum absolute atomic E-state index is 12.8. The molecule has 1 amide bonds. The third-order valence-corrected chi connectivity index (χ3v) is 6.82. The van der Waals surface area contributed by atoms with Crippen LogP contribution in [0.2, 0.25) is 0 Å². The molecule has 0 radical (unpaired) electrons. The van der Waals surface area contributed by atoms with E-state index in [1.165, 1.54) is 24.7 Å². The van der Waals surface area contributed by atoms with E-state index in [4.69, 9.17) is 10.5 Å². The predicted octanol–water partition coefficient (Wildman–Crippen LogP) is 1.61. The lowest BCUT2D eigenvalue weighted by atomic mass is 10.1. The fraction of sp³-hybridized carbons (Fsp3) is 0.500. The quantitative estimate of drug-likeness (QED) is 0.563. The Bertz CT molecular complexity index is 1130. The molecule has 4 heterocycles. The first-order valence-electron chi connectivity index (χ1n) is 11.9. The predicted molar refractivity (Wildman–Crippen MR) is 127 cm³/mol. The van der Waals surface area contributed by atoms with Crippen LogP contribution in [0, 0.1) is 0 Å². The number of benzene rings is 1. The zero-order valence-electron chi connectivity index (χ0n) is 19.2. The number of hydrogen-bond acceptors (Lipinski definition) is 8. The number of fused-ring (bicyclic) bond motifs is 1. The Labute approximate surface area is 198 Å². The molecule has 3 aromatic rings. The number of aromatic nitrogens is 4. The highest BCUT2D eigenvalue weighted by atomic mass is 16.5. The van der Waals surface area contributed by atoms with Crippen LogP contribution >= 0.6 is 0 Å². The minimum absolute atomic E-state index is 0.0238. The van der Waals surface area contributed by atoms with Gasteiger partial charge in [0.2, 0.25) is 0 Å². The zero-order valence-corrected chi connectivity index (χ0v) is 19.2. The van der Waals surface area contributed by atoms with Gasteiger partial charge in [-0.25, -0.2) is 15.0 Å². The van der Waals surface area contributed by atoms with Gasteiger partial charge in [-0.15, -0.1) is 0 Å². The van der Waals surface area contributed by atoms with Crippen LogP contribution in [0.4, 0.5) is 5.82 Å². The minimum Gasteiger partial charge on any atom is -0.484 e. The molecule has 10 nitrogen and oxygen atoms in total. The lowest BCUT2D eigenvalue weighted by Gasteiger charge is -2.22. The molecule has 2 aromatic heterocycles. The largest absolute Gasteiger partial charge is 0.484 e. The summed E-state index contributed by atoms with van der Waals surface area (Å²) in [4.78, 5) is 29.6. The highest BCUT2D eigenvalue weighted by Crippen LogP contribution is 2.27. The smallest absolute Gasteiger partial charge is 0.260 e. The number of anilines is 1. The molecule has 0 aliphatic carbocycles. The maximum Gasteiger partial charge on any atom is 0.260 e. The molecule has 0 unspecified atom stereocenters. The topological polar surface area (TPSA) is 123 Å². The van der Waals surface area contributed by atoms with Gasteiger partial charge in [0.1, 0.15) is 17.6 Å². The highest BCUT2D eigenvalue weighted by Gasteiger charge is 2.29. The number of aliphatic hydroxyl groups excluding tert-OH is 1. The Morgan fingerprint density at radius 2 is 1.82 bits per heavy atom. The number of ether oxygens (including phenoxy) is 1. The third-order valence-electron chi connectivity index (χ3n) is 6.82. The summed E-state index contributed by atoms with van der Waals surface area (Å²) in [6.45, 7) is 4.25. The molecule has 0 spiro atoms. The maximum atomic E-state index is 12.8. The number of carbonyl (C=O) groups excluding carboxylic acids is 1. The number of carbonyl (C=O) groups is 1. The van der Waals surface area contributed by atoms with Crippen molar-refractivity contribution in [1.82, 2.24) is 29.3 Å². The summed E-state index contributed by atoms with van der Waals surface area (Å²) in [7, 11) is 0. The Hall–Kier alpha value is -3.24. The minimum atomic E-state index is -0.629. The first-order valence-corrected chi connectivity index (χ1v) is 11.9. The van der Waals surface area contributed by atoms with Crippen LogP contribution in [0.5, 0.6) is 5.75 Å². The molecule has 3 N–H and O–H groups in total. The molecular formula is C24H31N7O3. The van der Waals surface area contributed by atoms with Crippen molar-refractivity contribution in [2.24, 2.45) is 0 Å². The van der Waals surface area contributed by atoms with Gasteiger partial charge in [0.25, 0.3) is 5.91 Å². The molecule has 34 heavy (non-hydrogen) atoms. The Morgan fingerprint density at radius 3 is 2.62 bits per heavy atom. The van der Waals surface area contributed by atoms with Crippen LogP contribution in [0.25, 0.3) is 11.2 Å². The van der Waals surface area contributed by atoms with E-state index in [0.717, 1.165) is 19.6 Å². The second-order valence-electron chi connectivity index (χ2n) is 9.09. The van der Waals surface area contributed by atoms with E-state index in [2.05, 4.69) is 32.0 Å². The monoisotopic (exact) mass is 465 g/mol. The molecule has 5 rings (SSSR count). The molecule has 0 bridgehead atoms.